The number of aliphatic hydroxyl groups is 3. The molecule has 1 aliphatic heterocycles. The molecule has 0 amide bonds. The largest absolute Gasteiger partial charge is 0.508 e. The molecule has 2 aromatic rings. The molecule has 0 radical (unpaired) electrons. The van der Waals surface area contributed by atoms with Crippen LogP contribution in [0, 0.1) is 0 Å². The maximum Gasteiger partial charge on any atom is 0.508 e. The molecule has 1 saturated heterocycles. The second kappa shape index (κ2) is 11.3. The summed E-state index contributed by atoms with van der Waals surface area (Å²) in [7, 11) is 1.60. The molecule has 180 valence electrons. The first kappa shape index (κ1) is 24.8. The summed E-state index contributed by atoms with van der Waals surface area (Å²) in [6.45, 7) is 2.95. The number of aliphatic hydroxyl groups excluding tert-OH is 3. The fourth-order valence-corrected chi connectivity index (χ4v) is 3.38. The highest BCUT2D eigenvalue weighted by Gasteiger charge is 2.45. The van der Waals surface area contributed by atoms with Crippen LogP contribution in [0.4, 0.5) is 4.79 Å². The van der Waals surface area contributed by atoms with E-state index in [0.717, 1.165) is 16.9 Å². The molecule has 0 saturated carbocycles. The lowest BCUT2D eigenvalue weighted by Gasteiger charge is -2.40. The van der Waals surface area contributed by atoms with Gasteiger partial charge in [-0.15, -0.1) is 0 Å². The Labute approximate surface area is 192 Å². The molecule has 5 atom stereocenters. The first-order valence-corrected chi connectivity index (χ1v) is 10.7. The van der Waals surface area contributed by atoms with Crippen LogP contribution in [0.5, 0.6) is 11.5 Å². The maximum atomic E-state index is 11.6. The van der Waals surface area contributed by atoms with Crippen LogP contribution >= 0.6 is 0 Å². The Morgan fingerprint density at radius 3 is 2.36 bits per heavy atom. The molecule has 3 N–H and O–H groups in total. The van der Waals surface area contributed by atoms with Gasteiger partial charge in [0.05, 0.1) is 13.2 Å². The van der Waals surface area contributed by atoms with Crippen molar-refractivity contribution >= 4 is 6.16 Å². The zero-order valence-electron chi connectivity index (χ0n) is 18.8. The van der Waals surface area contributed by atoms with Crippen molar-refractivity contribution in [2.45, 2.75) is 57.1 Å². The van der Waals surface area contributed by atoms with Crippen LogP contribution in [0.1, 0.15) is 25.0 Å². The van der Waals surface area contributed by atoms with E-state index in [4.69, 9.17) is 23.7 Å². The third kappa shape index (κ3) is 6.58. The molecular weight excluding hydrogens is 432 g/mol. The van der Waals surface area contributed by atoms with Crippen LogP contribution in [-0.4, -0.2) is 72.0 Å². The summed E-state index contributed by atoms with van der Waals surface area (Å²) < 4.78 is 26.6. The van der Waals surface area contributed by atoms with Crippen LogP contribution in [0.2, 0.25) is 0 Å². The van der Waals surface area contributed by atoms with E-state index >= 15 is 0 Å². The number of rotatable bonds is 8. The molecule has 0 aromatic heterocycles. The van der Waals surface area contributed by atoms with Gasteiger partial charge in [0.15, 0.2) is 0 Å². The summed E-state index contributed by atoms with van der Waals surface area (Å²) in [6, 6.07) is 14.8. The predicted molar refractivity (Wildman–Crippen MR) is 117 cm³/mol. The summed E-state index contributed by atoms with van der Waals surface area (Å²) >= 11 is 0. The summed E-state index contributed by atoms with van der Waals surface area (Å²) in [5.74, 6) is 1.19. The van der Waals surface area contributed by atoms with Crippen molar-refractivity contribution in [2.24, 2.45) is 0 Å². The second-order valence-corrected chi connectivity index (χ2v) is 7.99. The predicted octanol–water partition coefficient (Wildman–Crippen LogP) is 2.03. The molecule has 0 aliphatic carbocycles. The molecule has 1 heterocycles. The molecule has 3 rings (SSSR count). The average molecular weight is 462 g/mol. The standard InChI is InChI=1S/C24H30O9/c1-14(2)31-24(28)30-13-19-20(25)21(26)22(27)23(33-19)32-18-7-5-4-6-16(18)12-15-8-10-17(29-3)11-9-15/h4-11,14,19-23,25-27H,12-13H2,1-3H3/t19-,20-,21+,22-,23+/m1/s1. The number of benzene rings is 2. The van der Waals surface area contributed by atoms with Gasteiger partial charge in [0, 0.05) is 6.42 Å². The molecule has 9 heteroatoms. The molecule has 0 spiro atoms. The van der Waals surface area contributed by atoms with Crippen molar-refractivity contribution in [3.63, 3.8) is 0 Å². The Morgan fingerprint density at radius 1 is 1.00 bits per heavy atom. The number of carbonyl (C=O) groups is 1. The van der Waals surface area contributed by atoms with Gasteiger partial charge in [-0.2, -0.15) is 0 Å². The minimum atomic E-state index is -1.56. The molecule has 1 fully saturated rings. The Hall–Kier alpha value is -2.85. The summed E-state index contributed by atoms with van der Waals surface area (Å²) in [5, 5.41) is 30.9. The zero-order chi connectivity index (χ0) is 24.0. The number of methoxy groups -OCH3 is 1. The van der Waals surface area contributed by atoms with E-state index in [2.05, 4.69) is 0 Å². The monoisotopic (exact) mass is 462 g/mol. The van der Waals surface area contributed by atoms with Crippen molar-refractivity contribution in [1.82, 2.24) is 0 Å². The molecule has 2 aromatic carbocycles. The zero-order valence-corrected chi connectivity index (χ0v) is 18.8. The Kier molecular flexibility index (Phi) is 8.51. The number of ether oxygens (including phenoxy) is 5. The second-order valence-electron chi connectivity index (χ2n) is 7.99. The molecule has 33 heavy (non-hydrogen) atoms. The van der Waals surface area contributed by atoms with Gasteiger partial charge in [-0.1, -0.05) is 30.3 Å². The van der Waals surface area contributed by atoms with Gasteiger partial charge in [-0.3, -0.25) is 0 Å². The number of para-hydroxylation sites is 1. The topological polar surface area (TPSA) is 124 Å². The van der Waals surface area contributed by atoms with Crippen molar-refractivity contribution in [2.75, 3.05) is 13.7 Å². The van der Waals surface area contributed by atoms with Crippen molar-refractivity contribution in [1.29, 1.82) is 0 Å². The molecular formula is C24H30O9. The Bertz CT molecular complexity index is 899. The molecule has 0 unspecified atom stereocenters. The van der Waals surface area contributed by atoms with Gasteiger partial charge < -0.3 is 39.0 Å². The first-order chi connectivity index (χ1) is 15.8. The van der Waals surface area contributed by atoms with Crippen LogP contribution in [0.15, 0.2) is 48.5 Å². The van der Waals surface area contributed by atoms with E-state index in [-0.39, 0.29) is 12.7 Å². The Morgan fingerprint density at radius 2 is 1.70 bits per heavy atom. The van der Waals surface area contributed by atoms with Crippen molar-refractivity contribution in [3.8, 4) is 11.5 Å². The maximum absolute atomic E-state index is 11.6. The Balaban J connectivity index is 1.70. The summed E-state index contributed by atoms with van der Waals surface area (Å²) in [4.78, 5) is 11.6. The third-order valence-corrected chi connectivity index (χ3v) is 5.14. The minimum Gasteiger partial charge on any atom is -0.497 e. The fraction of sp³-hybridized carbons (Fsp3) is 0.458. The van der Waals surface area contributed by atoms with E-state index in [1.807, 2.05) is 36.4 Å². The van der Waals surface area contributed by atoms with Crippen LogP contribution in [0.25, 0.3) is 0 Å². The summed E-state index contributed by atoms with van der Waals surface area (Å²) in [6.07, 6.45) is -7.75. The smallest absolute Gasteiger partial charge is 0.497 e. The van der Waals surface area contributed by atoms with Crippen LogP contribution < -0.4 is 9.47 Å². The number of carbonyl (C=O) groups excluding carboxylic acids is 1. The van der Waals surface area contributed by atoms with Crippen LogP contribution in [0.3, 0.4) is 0 Å². The average Bonchev–Trinajstić information content (AvgIpc) is 2.80. The van der Waals surface area contributed by atoms with E-state index in [1.165, 1.54) is 0 Å². The van der Waals surface area contributed by atoms with Gasteiger partial charge in [0.2, 0.25) is 6.29 Å². The minimum absolute atomic E-state index is 0.375. The van der Waals surface area contributed by atoms with Crippen LogP contribution in [-0.2, 0) is 20.6 Å². The summed E-state index contributed by atoms with van der Waals surface area (Å²) in [5.41, 5.74) is 1.84. The van der Waals surface area contributed by atoms with Gasteiger partial charge >= 0.3 is 6.16 Å². The lowest BCUT2D eigenvalue weighted by molar-refractivity contribution is -0.278. The van der Waals surface area contributed by atoms with E-state index in [0.29, 0.717) is 12.2 Å². The molecule has 0 bridgehead atoms. The SMILES string of the molecule is COc1ccc(Cc2ccccc2O[C@H]2O[C@H](COC(=O)OC(C)C)[C@@H](O)[C@H](O)[C@H]2O)cc1. The fourth-order valence-electron chi connectivity index (χ4n) is 3.38. The lowest BCUT2D eigenvalue weighted by Crippen LogP contribution is -2.60. The molecule has 9 nitrogen and oxygen atoms in total. The normalized spacial score (nSPS) is 24.9. The van der Waals surface area contributed by atoms with Gasteiger partial charge in [-0.25, -0.2) is 4.79 Å². The van der Waals surface area contributed by atoms with Gasteiger partial charge in [-0.05, 0) is 43.2 Å². The third-order valence-electron chi connectivity index (χ3n) is 5.14. The van der Waals surface area contributed by atoms with Crippen molar-refractivity contribution in [3.05, 3.63) is 59.7 Å². The highest BCUT2D eigenvalue weighted by atomic mass is 16.7. The molecule has 1 aliphatic rings. The number of hydrogen-bond acceptors (Lipinski definition) is 9. The van der Waals surface area contributed by atoms with Gasteiger partial charge in [0.1, 0.15) is 42.5 Å². The lowest BCUT2D eigenvalue weighted by atomic mass is 9.99. The van der Waals surface area contributed by atoms with E-state index in [1.54, 1.807) is 33.1 Å². The van der Waals surface area contributed by atoms with Gasteiger partial charge in [0.25, 0.3) is 0 Å². The first-order valence-electron chi connectivity index (χ1n) is 10.7. The van der Waals surface area contributed by atoms with E-state index < -0.39 is 36.9 Å². The van der Waals surface area contributed by atoms with Crippen molar-refractivity contribution < 1.29 is 43.8 Å². The quantitative estimate of drug-likeness (QED) is 0.506. The number of hydrogen-bond donors (Lipinski definition) is 3. The highest BCUT2D eigenvalue weighted by Crippen LogP contribution is 2.28. The van der Waals surface area contributed by atoms with E-state index in [9.17, 15) is 20.1 Å². The highest BCUT2D eigenvalue weighted by molar-refractivity contribution is 5.60.